The van der Waals surface area contributed by atoms with Crippen molar-refractivity contribution in [3.63, 3.8) is 0 Å². The average molecular weight is 261 g/mol. The van der Waals surface area contributed by atoms with E-state index in [0.29, 0.717) is 18.4 Å². The summed E-state index contributed by atoms with van der Waals surface area (Å²) in [6, 6.07) is 11.0. The number of carboxylic acid groups (broad SMARTS) is 1. The van der Waals surface area contributed by atoms with Crippen molar-refractivity contribution in [2.75, 3.05) is 11.4 Å². The highest BCUT2D eigenvalue weighted by atomic mass is 16.4. The molecule has 0 saturated heterocycles. The summed E-state index contributed by atoms with van der Waals surface area (Å²) < 4.78 is 0. The second kappa shape index (κ2) is 6.60. The van der Waals surface area contributed by atoms with Crippen molar-refractivity contribution in [1.29, 1.82) is 0 Å². The molecular weight excluding hydrogens is 238 g/mol. The van der Waals surface area contributed by atoms with Gasteiger partial charge in [-0.15, -0.1) is 0 Å². The molecule has 1 fully saturated rings. The van der Waals surface area contributed by atoms with Gasteiger partial charge < -0.3 is 10.0 Å². The lowest BCUT2D eigenvalue weighted by Gasteiger charge is -2.34. The summed E-state index contributed by atoms with van der Waals surface area (Å²) in [7, 11) is 0. The van der Waals surface area contributed by atoms with E-state index in [1.807, 2.05) is 6.07 Å². The Morgan fingerprint density at radius 2 is 2.05 bits per heavy atom. The van der Waals surface area contributed by atoms with Crippen LogP contribution >= 0.6 is 0 Å². The zero-order chi connectivity index (χ0) is 13.7. The van der Waals surface area contributed by atoms with Gasteiger partial charge in [-0.3, -0.25) is 4.79 Å². The van der Waals surface area contributed by atoms with Crippen LogP contribution in [0.15, 0.2) is 30.3 Å². The van der Waals surface area contributed by atoms with E-state index in [1.54, 1.807) is 0 Å². The fourth-order valence-corrected chi connectivity index (χ4v) is 3.10. The molecule has 104 valence electrons. The van der Waals surface area contributed by atoms with Gasteiger partial charge in [0.1, 0.15) is 0 Å². The molecule has 1 N–H and O–H groups in total. The Kier molecular flexibility index (Phi) is 4.83. The van der Waals surface area contributed by atoms with E-state index >= 15 is 0 Å². The molecule has 19 heavy (non-hydrogen) atoms. The molecule has 0 aromatic heterocycles. The number of carbonyl (C=O) groups is 1. The van der Waals surface area contributed by atoms with Crippen molar-refractivity contribution < 1.29 is 9.90 Å². The van der Waals surface area contributed by atoms with Gasteiger partial charge in [-0.05, 0) is 37.3 Å². The Morgan fingerprint density at radius 1 is 1.32 bits per heavy atom. The molecule has 0 radical (unpaired) electrons. The maximum absolute atomic E-state index is 10.7. The quantitative estimate of drug-likeness (QED) is 0.851. The number of hydrogen-bond donors (Lipinski definition) is 1. The van der Waals surface area contributed by atoms with E-state index in [2.05, 4.69) is 36.1 Å². The molecule has 1 saturated carbocycles. The normalized spacial score (nSPS) is 22.4. The van der Waals surface area contributed by atoms with Crippen LogP contribution in [-0.4, -0.2) is 23.7 Å². The lowest BCUT2D eigenvalue weighted by Crippen LogP contribution is -2.38. The number of hydrogen-bond acceptors (Lipinski definition) is 2. The third-order valence-electron chi connectivity index (χ3n) is 4.09. The van der Waals surface area contributed by atoms with E-state index in [1.165, 1.54) is 24.9 Å². The van der Waals surface area contributed by atoms with Crippen molar-refractivity contribution in [2.45, 2.75) is 45.1 Å². The van der Waals surface area contributed by atoms with Gasteiger partial charge in [0.25, 0.3) is 0 Å². The van der Waals surface area contributed by atoms with Crippen molar-refractivity contribution >= 4 is 11.7 Å². The van der Waals surface area contributed by atoms with E-state index in [9.17, 15) is 4.79 Å². The zero-order valence-electron chi connectivity index (χ0n) is 11.6. The topological polar surface area (TPSA) is 40.5 Å². The second-order valence-corrected chi connectivity index (χ2v) is 5.50. The summed E-state index contributed by atoms with van der Waals surface area (Å²) in [6.45, 7) is 3.15. The maximum atomic E-state index is 10.7. The van der Waals surface area contributed by atoms with E-state index in [4.69, 9.17) is 5.11 Å². The SMILES string of the molecule is CC1CCCC1N(CCCC(=O)O)c1ccccc1. The minimum Gasteiger partial charge on any atom is -0.481 e. The van der Waals surface area contributed by atoms with E-state index in [0.717, 1.165) is 6.54 Å². The summed E-state index contributed by atoms with van der Waals surface area (Å²) in [6.07, 6.45) is 4.77. The summed E-state index contributed by atoms with van der Waals surface area (Å²) in [5.74, 6) is -0.00230. The fourth-order valence-electron chi connectivity index (χ4n) is 3.10. The zero-order valence-corrected chi connectivity index (χ0v) is 11.6. The number of para-hydroxylation sites is 1. The molecule has 2 rings (SSSR count). The Labute approximate surface area is 115 Å². The first kappa shape index (κ1) is 13.9. The molecule has 0 aliphatic heterocycles. The summed E-state index contributed by atoms with van der Waals surface area (Å²) in [5, 5.41) is 8.80. The highest BCUT2D eigenvalue weighted by molar-refractivity contribution is 5.66. The van der Waals surface area contributed by atoms with Crippen LogP contribution < -0.4 is 4.90 Å². The van der Waals surface area contributed by atoms with Crippen molar-refractivity contribution in [3.8, 4) is 0 Å². The summed E-state index contributed by atoms with van der Waals surface area (Å²) in [5.41, 5.74) is 1.23. The number of anilines is 1. The molecule has 0 heterocycles. The Morgan fingerprint density at radius 3 is 2.63 bits per heavy atom. The monoisotopic (exact) mass is 261 g/mol. The van der Waals surface area contributed by atoms with Gasteiger partial charge in [-0.25, -0.2) is 0 Å². The largest absolute Gasteiger partial charge is 0.481 e. The Bertz CT molecular complexity index is 404. The minimum absolute atomic E-state index is 0.254. The standard InChI is InChI=1S/C16H23NO2/c1-13-7-5-10-15(13)17(12-6-11-16(18)19)14-8-3-2-4-9-14/h2-4,8-9,13,15H,5-7,10-12H2,1H3,(H,18,19). The molecule has 3 heteroatoms. The lowest BCUT2D eigenvalue weighted by molar-refractivity contribution is -0.137. The highest BCUT2D eigenvalue weighted by Gasteiger charge is 2.28. The molecule has 0 bridgehead atoms. The minimum atomic E-state index is -0.701. The van der Waals surface area contributed by atoms with Gasteiger partial charge >= 0.3 is 5.97 Å². The summed E-state index contributed by atoms with van der Waals surface area (Å²) >= 11 is 0. The molecule has 2 unspecified atom stereocenters. The predicted molar refractivity (Wildman–Crippen MR) is 77.5 cm³/mol. The first-order chi connectivity index (χ1) is 9.18. The molecule has 0 amide bonds. The molecule has 0 spiro atoms. The highest BCUT2D eigenvalue weighted by Crippen LogP contribution is 2.32. The second-order valence-electron chi connectivity index (χ2n) is 5.50. The maximum Gasteiger partial charge on any atom is 0.303 e. The molecule has 1 aromatic rings. The van der Waals surface area contributed by atoms with Crippen LogP contribution in [0.5, 0.6) is 0 Å². The molecule has 2 atom stereocenters. The van der Waals surface area contributed by atoms with Crippen LogP contribution in [-0.2, 0) is 4.79 Å². The third-order valence-corrected chi connectivity index (χ3v) is 4.09. The van der Waals surface area contributed by atoms with Crippen LogP contribution in [0.4, 0.5) is 5.69 Å². The lowest BCUT2D eigenvalue weighted by atomic mass is 10.0. The molecular formula is C16H23NO2. The Hall–Kier alpha value is -1.51. The smallest absolute Gasteiger partial charge is 0.303 e. The van der Waals surface area contributed by atoms with Crippen LogP contribution in [0, 0.1) is 5.92 Å². The van der Waals surface area contributed by atoms with Gasteiger partial charge in [-0.2, -0.15) is 0 Å². The van der Waals surface area contributed by atoms with Gasteiger partial charge in [0.15, 0.2) is 0 Å². The number of aliphatic carboxylic acids is 1. The van der Waals surface area contributed by atoms with E-state index in [-0.39, 0.29) is 6.42 Å². The van der Waals surface area contributed by atoms with Gasteiger partial charge in [0, 0.05) is 24.7 Å². The van der Waals surface area contributed by atoms with Crippen LogP contribution in [0.1, 0.15) is 39.0 Å². The number of carboxylic acids is 1. The van der Waals surface area contributed by atoms with Crippen molar-refractivity contribution in [3.05, 3.63) is 30.3 Å². The van der Waals surface area contributed by atoms with Gasteiger partial charge in [0.05, 0.1) is 0 Å². The summed E-state index contributed by atoms with van der Waals surface area (Å²) in [4.78, 5) is 13.1. The van der Waals surface area contributed by atoms with Crippen molar-refractivity contribution in [2.24, 2.45) is 5.92 Å². The number of rotatable bonds is 6. The third kappa shape index (κ3) is 3.72. The Balaban J connectivity index is 2.07. The van der Waals surface area contributed by atoms with Crippen LogP contribution in [0.25, 0.3) is 0 Å². The average Bonchev–Trinajstić information content (AvgIpc) is 2.82. The molecule has 1 aliphatic rings. The van der Waals surface area contributed by atoms with Crippen LogP contribution in [0.2, 0.25) is 0 Å². The first-order valence-corrected chi connectivity index (χ1v) is 7.22. The molecule has 3 nitrogen and oxygen atoms in total. The predicted octanol–water partition coefficient (Wildman–Crippen LogP) is 3.55. The van der Waals surface area contributed by atoms with Crippen molar-refractivity contribution in [1.82, 2.24) is 0 Å². The van der Waals surface area contributed by atoms with Crippen LogP contribution in [0.3, 0.4) is 0 Å². The number of benzene rings is 1. The van der Waals surface area contributed by atoms with Gasteiger partial charge in [0.2, 0.25) is 0 Å². The fraction of sp³-hybridized carbons (Fsp3) is 0.562. The van der Waals surface area contributed by atoms with E-state index < -0.39 is 5.97 Å². The molecule has 1 aromatic carbocycles. The molecule has 1 aliphatic carbocycles. The van der Waals surface area contributed by atoms with Gasteiger partial charge in [-0.1, -0.05) is 31.5 Å². The first-order valence-electron chi connectivity index (χ1n) is 7.22. The number of nitrogens with zero attached hydrogens (tertiary/aromatic N) is 1.